The number of hydroxylamine groups is 2. The molecule has 3 nitrogen and oxygen atoms in total. The van der Waals surface area contributed by atoms with E-state index in [-0.39, 0.29) is 5.78 Å². The summed E-state index contributed by atoms with van der Waals surface area (Å²) in [5.41, 5.74) is -0.836. The van der Waals surface area contributed by atoms with Crippen LogP contribution in [-0.4, -0.2) is 27.1 Å². The molecule has 1 rings (SSSR count). The van der Waals surface area contributed by atoms with Crippen molar-refractivity contribution in [2.24, 2.45) is 0 Å². The highest BCUT2D eigenvalue weighted by Crippen LogP contribution is 2.34. The Balaban J connectivity index is 2.91. The second-order valence-corrected chi connectivity index (χ2v) is 4.83. The van der Waals surface area contributed by atoms with Crippen LogP contribution in [0.1, 0.15) is 40.5 Å². The average Bonchev–Trinajstić information content (AvgIpc) is 1.80. The molecule has 1 aliphatic rings. The van der Waals surface area contributed by atoms with E-state index < -0.39 is 11.1 Å². The third-order valence-electron chi connectivity index (χ3n) is 2.41. The van der Waals surface area contributed by atoms with Crippen molar-refractivity contribution in [2.45, 2.75) is 51.6 Å². The molecule has 0 spiro atoms. The Labute approximate surface area is 73.3 Å². The lowest BCUT2D eigenvalue weighted by atomic mass is 9.85. The molecular weight excluding hydrogens is 155 g/mol. The van der Waals surface area contributed by atoms with E-state index in [2.05, 4.69) is 0 Å². The number of piperidine rings is 1. The van der Waals surface area contributed by atoms with Crippen molar-refractivity contribution >= 4 is 5.78 Å². The predicted octanol–water partition coefficient (Wildman–Crippen LogP) is 1.60. The van der Waals surface area contributed by atoms with Crippen molar-refractivity contribution in [1.82, 2.24) is 5.06 Å². The van der Waals surface area contributed by atoms with Gasteiger partial charge in [-0.3, -0.25) is 4.79 Å². The van der Waals surface area contributed by atoms with Crippen molar-refractivity contribution in [3.8, 4) is 0 Å². The fraction of sp³-hybridized carbons (Fsp3) is 0.889. The van der Waals surface area contributed by atoms with Crippen LogP contribution in [0.15, 0.2) is 0 Å². The quantitative estimate of drug-likeness (QED) is 0.564. The molecule has 1 heterocycles. The van der Waals surface area contributed by atoms with Gasteiger partial charge in [-0.2, -0.15) is 5.06 Å². The summed E-state index contributed by atoms with van der Waals surface area (Å²) in [7, 11) is 0. The number of hydrogen-bond acceptors (Lipinski definition) is 3. The van der Waals surface area contributed by atoms with Crippen molar-refractivity contribution in [1.29, 1.82) is 0 Å². The van der Waals surface area contributed by atoms with Gasteiger partial charge in [-0.1, -0.05) is 0 Å². The zero-order valence-corrected chi connectivity index (χ0v) is 8.22. The topological polar surface area (TPSA) is 40.5 Å². The summed E-state index contributed by atoms with van der Waals surface area (Å²) in [4.78, 5) is 11.3. The highest BCUT2D eigenvalue weighted by atomic mass is 16.8. The van der Waals surface area contributed by atoms with E-state index in [1.54, 1.807) is 0 Å². The van der Waals surface area contributed by atoms with Gasteiger partial charge in [0.1, 0.15) is 5.78 Å². The minimum absolute atomic E-state index is 0.232. The van der Waals surface area contributed by atoms with Gasteiger partial charge in [-0.15, -0.1) is 0 Å². The lowest BCUT2D eigenvalue weighted by Gasteiger charge is -2.47. The number of Topliss-reactive ketones (excluding diaryl/α,β-unsaturated/α-hetero) is 1. The summed E-state index contributed by atoms with van der Waals surface area (Å²) >= 11 is 0. The van der Waals surface area contributed by atoms with Crippen LogP contribution in [0.2, 0.25) is 0 Å². The standard InChI is InChI=1S/C9H17NO2/c1-8(2)5-7(11)6-9(3,4)10(8)12/h12H,5-6H2,1-4H3/i10+1. The largest absolute Gasteiger partial charge is 0.313 e. The SMILES string of the molecule is CC1(C)CC(=O)CC(C)(C)[15N]1O. The first-order valence-corrected chi connectivity index (χ1v) is 4.27. The minimum atomic E-state index is -0.418. The van der Waals surface area contributed by atoms with Gasteiger partial charge in [0.2, 0.25) is 0 Å². The van der Waals surface area contributed by atoms with Crippen molar-refractivity contribution in [3.05, 3.63) is 0 Å². The number of rotatable bonds is 0. The molecule has 1 N–H and O–H groups in total. The summed E-state index contributed by atoms with van der Waals surface area (Å²) < 4.78 is 0. The molecule has 1 fully saturated rings. The van der Waals surface area contributed by atoms with Gasteiger partial charge in [-0.25, -0.2) is 0 Å². The van der Waals surface area contributed by atoms with Crippen molar-refractivity contribution < 1.29 is 10.0 Å². The van der Waals surface area contributed by atoms with E-state index in [0.29, 0.717) is 12.8 Å². The maximum atomic E-state index is 11.3. The molecule has 1 saturated heterocycles. The van der Waals surface area contributed by atoms with E-state index in [1.165, 1.54) is 5.06 Å². The zero-order valence-electron chi connectivity index (χ0n) is 8.22. The lowest BCUT2D eigenvalue weighted by molar-refractivity contribution is -0.236. The number of ketones is 1. The second kappa shape index (κ2) is 2.54. The zero-order chi connectivity index (χ0) is 9.57. The number of hydrogen-bond donors (Lipinski definition) is 1. The summed E-state index contributed by atoms with van der Waals surface area (Å²) in [5.74, 6) is 0.232. The van der Waals surface area contributed by atoms with E-state index in [4.69, 9.17) is 0 Å². The van der Waals surface area contributed by atoms with E-state index in [9.17, 15) is 10.0 Å². The normalized spacial score (nSPS) is 28.9. The molecule has 0 radical (unpaired) electrons. The molecule has 3 heteroatoms. The maximum absolute atomic E-state index is 11.3. The Morgan fingerprint density at radius 1 is 1.17 bits per heavy atom. The highest BCUT2D eigenvalue weighted by molar-refractivity contribution is 5.81. The number of carbonyl (C=O) groups is 1. The minimum Gasteiger partial charge on any atom is -0.313 e. The van der Waals surface area contributed by atoms with Gasteiger partial charge in [0.05, 0.1) is 0 Å². The predicted molar refractivity (Wildman–Crippen MR) is 46.0 cm³/mol. The van der Waals surface area contributed by atoms with Gasteiger partial charge >= 0.3 is 0 Å². The molecule has 0 aromatic rings. The van der Waals surface area contributed by atoms with Crippen LogP contribution >= 0.6 is 0 Å². The third-order valence-corrected chi connectivity index (χ3v) is 2.41. The molecule has 0 saturated carbocycles. The third kappa shape index (κ3) is 1.52. The Kier molecular flexibility index (Phi) is 2.05. The van der Waals surface area contributed by atoms with Gasteiger partial charge in [0.15, 0.2) is 0 Å². The molecule has 12 heavy (non-hydrogen) atoms. The van der Waals surface area contributed by atoms with Crippen LogP contribution in [0.5, 0.6) is 0 Å². The lowest BCUT2D eigenvalue weighted by Crippen LogP contribution is -2.59. The Hall–Kier alpha value is -0.410. The smallest absolute Gasteiger partial charge is 0.136 e. The van der Waals surface area contributed by atoms with Gasteiger partial charge < -0.3 is 5.21 Å². The molecule has 0 atom stereocenters. The van der Waals surface area contributed by atoms with Crippen LogP contribution in [0.4, 0.5) is 0 Å². The Bertz CT molecular complexity index is 189. The molecule has 1 aliphatic heterocycles. The van der Waals surface area contributed by atoms with E-state index >= 15 is 0 Å². The first kappa shape index (κ1) is 9.68. The summed E-state index contributed by atoms with van der Waals surface area (Å²) in [6.45, 7) is 7.52. The molecule has 0 bridgehead atoms. The fourth-order valence-corrected chi connectivity index (χ4v) is 2.00. The number of nitrogens with zero attached hydrogens (tertiary/aromatic N) is 1. The van der Waals surface area contributed by atoms with E-state index in [1.807, 2.05) is 27.7 Å². The Morgan fingerprint density at radius 2 is 1.50 bits per heavy atom. The molecule has 0 aromatic carbocycles. The number of carbonyl (C=O) groups excluding carboxylic acids is 1. The molecule has 70 valence electrons. The van der Waals surface area contributed by atoms with Gasteiger partial charge in [0, 0.05) is 23.9 Å². The average molecular weight is 172 g/mol. The van der Waals surface area contributed by atoms with Crippen LogP contribution in [0, 0.1) is 0 Å². The summed E-state index contributed by atoms with van der Waals surface area (Å²) in [6.07, 6.45) is 0.875. The van der Waals surface area contributed by atoms with Gasteiger partial charge in [0.25, 0.3) is 0 Å². The van der Waals surface area contributed by atoms with Crippen LogP contribution in [0.3, 0.4) is 0 Å². The summed E-state index contributed by atoms with van der Waals surface area (Å²) in [5, 5.41) is 11.1. The van der Waals surface area contributed by atoms with E-state index in [0.717, 1.165) is 0 Å². The van der Waals surface area contributed by atoms with Crippen LogP contribution in [0.25, 0.3) is 0 Å². The molecule has 0 amide bonds. The summed E-state index contributed by atoms with van der Waals surface area (Å²) in [6, 6.07) is 0. The molecular formula is C9H17NO2. The van der Waals surface area contributed by atoms with Crippen molar-refractivity contribution in [2.75, 3.05) is 0 Å². The van der Waals surface area contributed by atoms with Crippen LogP contribution < -0.4 is 0 Å². The highest BCUT2D eigenvalue weighted by Gasteiger charge is 2.44. The first-order chi connectivity index (χ1) is 5.26. The fourth-order valence-electron chi connectivity index (χ4n) is 2.00. The second-order valence-electron chi connectivity index (χ2n) is 4.83. The van der Waals surface area contributed by atoms with Crippen molar-refractivity contribution in [3.63, 3.8) is 0 Å². The van der Waals surface area contributed by atoms with Gasteiger partial charge in [-0.05, 0) is 27.7 Å². The maximum Gasteiger partial charge on any atom is 0.136 e. The molecule has 0 unspecified atom stereocenters. The monoisotopic (exact) mass is 172 g/mol. The first-order valence-electron chi connectivity index (χ1n) is 4.27. The molecule has 0 aliphatic carbocycles. The van der Waals surface area contributed by atoms with Crippen LogP contribution in [-0.2, 0) is 4.79 Å². The Morgan fingerprint density at radius 3 is 1.83 bits per heavy atom. The molecule has 0 aromatic heterocycles.